The maximum atomic E-state index is 12.4. The molecule has 0 bridgehead atoms. The molecule has 3 aromatic rings. The maximum Gasteiger partial charge on any atom is 0.257 e. The lowest BCUT2D eigenvalue weighted by Crippen LogP contribution is -2.48. The van der Waals surface area contributed by atoms with Gasteiger partial charge in [0.05, 0.1) is 11.8 Å². The van der Waals surface area contributed by atoms with Crippen LogP contribution in [-0.2, 0) is 6.54 Å². The Morgan fingerprint density at radius 3 is 2.50 bits per heavy atom. The van der Waals surface area contributed by atoms with E-state index < -0.39 is 0 Å². The summed E-state index contributed by atoms with van der Waals surface area (Å²) in [6.07, 6.45) is 3.06. The zero-order valence-corrected chi connectivity index (χ0v) is 16.6. The zero-order valence-electron chi connectivity index (χ0n) is 14.2. The van der Waals surface area contributed by atoms with Crippen LogP contribution in [0.4, 0.5) is 0 Å². The fraction of sp³-hybridized carbons (Fsp3) is 0.250. The molecule has 0 saturated carbocycles. The Balaban J connectivity index is 1.33. The SMILES string of the molecule is O=C(c1ccoc1)N1CCN(Cc2ccc(-c3ccc(Br)cc3)s2)CC1. The van der Waals surface area contributed by atoms with E-state index in [2.05, 4.69) is 57.2 Å². The number of furan rings is 1. The van der Waals surface area contributed by atoms with Crippen LogP contribution in [0.1, 0.15) is 15.2 Å². The van der Waals surface area contributed by atoms with E-state index in [1.54, 1.807) is 12.3 Å². The van der Waals surface area contributed by atoms with Crippen molar-refractivity contribution < 1.29 is 9.21 Å². The fourth-order valence-electron chi connectivity index (χ4n) is 3.13. The van der Waals surface area contributed by atoms with Crippen molar-refractivity contribution in [3.63, 3.8) is 0 Å². The van der Waals surface area contributed by atoms with E-state index in [4.69, 9.17) is 4.42 Å². The molecule has 26 heavy (non-hydrogen) atoms. The highest BCUT2D eigenvalue weighted by molar-refractivity contribution is 9.10. The molecule has 2 aromatic heterocycles. The molecule has 1 amide bonds. The molecule has 1 aromatic carbocycles. The van der Waals surface area contributed by atoms with Crippen LogP contribution in [0.3, 0.4) is 0 Å². The molecular weight excluding hydrogens is 412 g/mol. The molecule has 1 saturated heterocycles. The van der Waals surface area contributed by atoms with Crippen LogP contribution < -0.4 is 0 Å². The first-order valence-corrected chi connectivity index (χ1v) is 10.2. The lowest BCUT2D eigenvalue weighted by Gasteiger charge is -2.34. The van der Waals surface area contributed by atoms with Crippen LogP contribution in [0, 0.1) is 0 Å². The number of amides is 1. The average molecular weight is 431 g/mol. The van der Waals surface area contributed by atoms with Gasteiger partial charge in [-0.15, -0.1) is 11.3 Å². The molecule has 1 aliphatic rings. The summed E-state index contributed by atoms with van der Waals surface area (Å²) in [6, 6.07) is 14.6. The van der Waals surface area contributed by atoms with Gasteiger partial charge in [0.1, 0.15) is 6.26 Å². The zero-order chi connectivity index (χ0) is 17.9. The first-order valence-electron chi connectivity index (χ1n) is 8.57. The molecule has 6 heteroatoms. The molecular formula is C20H19BrN2O2S. The lowest BCUT2D eigenvalue weighted by molar-refractivity contribution is 0.0629. The third kappa shape index (κ3) is 3.92. The van der Waals surface area contributed by atoms with Gasteiger partial charge in [-0.05, 0) is 35.9 Å². The molecule has 1 fully saturated rings. The van der Waals surface area contributed by atoms with Crippen molar-refractivity contribution in [1.82, 2.24) is 9.80 Å². The number of piperazine rings is 1. The topological polar surface area (TPSA) is 36.7 Å². The smallest absolute Gasteiger partial charge is 0.257 e. The second kappa shape index (κ2) is 7.78. The van der Waals surface area contributed by atoms with Crippen LogP contribution in [0.5, 0.6) is 0 Å². The van der Waals surface area contributed by atoms with E-state index >= 15 is 0 Å². The highest BCUT2D eigenvalue weighted by Crippen LogP contribution is 2.30. The Hall–Kier alpha value is -1.89. The Labute approximate surface area is 165 Å². The summed E-state index contributed by atoms with van der Waals surface area (Å²) in [4.78, 5) is 19.3. The Morgan fingerprint density at radius 2 is 1.81 bits per heavy atom. The van der Waals surface area contributed by atoms with E-state index in [1.807, 2.05) is 16.2 Å². The molecule has 3 heterocycles. The van der Waals surface area contributed by atoms with Crippen LogP contribution in [-0.4, -0.2) is 41.9 Å². The fourth-order valence-corrected chi connectivity index (χ4v) is 4.45. The van der Waals surface area contributed by atoms with Crippen molar-refractivity contribution in [2.24, 2.45) is 0 Å². The van der Waals surface area contributed by atoms with Gasteiger partial charge in [0, 0.05) is 47.0 Å². The second-order valence-corrected chi connectivity index (χ2v) is 8.44. The van der Waals surface area contributed by atoms with Crippen molar-refractivity contribution in [1.29, 1.82) is 0 Å². The molecule has 1 aliphatic heterocycles. The van der Waals surface area contributed by atoms with Gasteiger partial charge in [0.2, 0.25) is 0 Å². The number of carbonyl (C=O) groups excluding carboxylic acids is 1. The average Bonchev–Trinajstić information content (AvgIpc) is 3.35. The van der Waals surface area contributed by atoms with Crippen molar-refractivity contribution in [2.75, 3.05) is 26.2 Å². The van der Waals surface area contributed by atoms with E-state index in [9.17, 15) is 4.79 Å². The van der Waals surface area contributed by atoms with Crippen molar-refractivity contribution in [3.05, 3.63) is 69.9 Å². The molecule has 134 valence electrons. The highest BCUT2D eigenvalue weighted by atomic mass is 79.9. The summed E-state index contributed by atoms with van der Waals surface area (Å²) in [5, 5.41) is 0. The van der Waals surface area contributed by atoms with Gasteiger partial charge in [0.25, 0.3) is 5.91 Å². The van der Waals surface area contributed by atoms with Gasteiger partial charge in [-0.1, -0.05) is 28.1 Å². The number of hydrogen-bond donors (Lipinski definition) is 0. The lowest BCUT2D eigenvalue weighted by atomic mass is 10.2. The Bertz CT molecular complexity index is 866. The number of halogens is 1. The predicted molar refractivity (Wildman–Crippen MR) is 107 cm³/mol. The molecule has 0 N–H and O–H groups in total. The first kappa shape index (κ1) is 17.5. The van der Waals surface area contributed by atoms with Gasteiger partial charge < -0.3 is 9.32 Å². The second-order valence-electron chi connectivity index (χ2n) is 6.35. The number of thiophene rings is 1. The monoisotopic (exact) mass is 430 g/mol. The van der Waals surface area contributed by atoms with Crippen molar-refractivity contribution in [2.45, 2.75) is 6.54 Å². The number of benzene rings is 1. The van der Waals surface area contributed by atoms with E-state index in [0.717, 1.165) is 37.2 Å². The molecule has 0 spiro atoms. The molecule has 0 unspecified atom stereocenters. The number of nitrogens with zero attached hydrogens (tertiary/aromatic N) is 2. The molecule has 0 aliphatic carbocycles. The van der Waals surface area contributed by atoms with Gasteiger partial charge >= 0.3 is 0 Å². The summed E-state index contributed by atoms with van der Waals surface area (Å²) in [5.41, 5.74) is 1.89. The summed E-state index contributed by atoms with van der Waals surface area (Å²) >= 11 is 5.32. The summed E-state index contributed by atoms with van der Waals surface area (Å²) < 4.78 is 6.11. The minimum Gasteiger partial charge on any atom is -0.472 e. The number of hydrogen-bond acceptors (Lipinski definition) is 4. The highest BCUT2D eigenvalue weighted by Gasteiger charge is 2.23. The van der Waals surface area contributed by atoms with Crippen LogP contribution in [0.25, 0.3) is 10.4 Å². The number of carbonyl (C=O) groups is 1. The standard InChI is InChI=1S/C20H19BrN2O2S/c21-17-3-1-15(2-4-17)19-6-5-18(26-19)13-22-8-10-23(11-9-22)20(24)16-7-12-25-14-16/h1-7,12,14H,8-11,13H2. The van der Waals surface area contributed by atoms with E-state index in [1.165, 1.54) is 21.6 Å². The third-order valence-electron chi connectivity index (χ3n) is 4.60. The van der Waals surface area contributed by atoms with Crippen LogP contribution >= 0.6 is 27.3 Å². The quantitative estimate of drug-likeness (QED) is 0.600. The largest absolute Gasteiger partial charge is 0.472 e. The minimum absolute atomic E-state index is 0.0621. The van der Waals surface area contributed by atoms with Gasteiger partial charge in [-0.25, -0.2) is 0 Å². The molecule has 0 atom stereocenters. The molecule has 4 rings (SSSR count). The van der Waals surface area contributed by atoms with Crippen molar-refractivity contribution in [3.8, 4) is 10.4 Å². The summed E-state index contributed by atoms with van der Waals surface area (Å²) in [7, 11) is 0. The van der Waals surface area contributed by atoms with Gasteiger partial charge in [0.15, 0.2) is 0 Å². The number of rotatable bonds is 4. The normalized spacial score (nSPS) is 15.3. The van der Waals surface area contributed by atoms with Crippen LogP contribution in [0.15, 0.2) is 63.9 Å². The van der Waals surface area contributed by atoms with Gasteiger partial charge in [-0.3, -0.25) is 9.69 Å². The predicted octanol–water partition coefficient (Wildman–Crippen LogP) is 4.73. The minimum atomic E-state index is 0.0621. The van der Waals surface area contributed by atoms with Gasteiger partial charge in [-0.2, -0.15) is 0 Å². The first-order chi connectivity index (χ1) is 12.7. The summed E-state index contributed by atoms with van der Waals surface area (Å²) in [5.74, 6) is 0.0621. The third-order valence-corrected chi connectivity index (χ3v) is 6.25. The Kier molecular flexibility index (Phi) is 5.24. The maximum absolute atomic E-state index is 12.4. The summed E-state index contributed by atoms with van der Waals surface area (Å²) in [6.45, 7) is 4.25. The molecule has 4 nitrogen and oxygen atoms in total. The Morgan fingerprint density at radius 1 is 1.04 bits per heavy atom. The van der Waals surface area contributed by atoms with Crippen molar-refractivity contribution >= 4 is 33.2 Å². The van der Waals surface area contributed by atoms with E-state index in [-0.39, 0.29) is 5.91 Å². The van der Waals surface area contributed by atoms with Crippen LogP contribution in [0.2, 0.25) is 0 Å². The molecule has 0 radical (unpaired) electrons. The van der Waals surface area contributed by atoms with E-state index in [0.29, 0.717) is 5.56 Å².